The second kappa shape index (κ2) is 10.3. The number of hydrogen-bond donors (Lipinski definition) is 1. The van der Waals surface area contributed by atoms with E-state index in [1.165, 1.54) is 24.6 Å². The van der Waals surface area contributed by atoms with E-state index in [0.29, 0.717) is 31.1 Å². The molecule has 4 heterocycles. The van der Waals surface area contributed by atoms with Crippen molar-refractivity contribution in [3.8, 4) is 0 Å². The number of piperidine rings is 1. The van der Waals surface area contributed by atoms with Crippen molar-refractivity contribution in [2.75, 3.05) is 13.1 Å². The molecule has 194 valence electrons. The van der Waals surface area contributed by atoms with E-state index in [1.807, 2.05) is 17.9 Å². The van der Waals surface area contributed by atoms with E-state index >= 15 is 0 Å². The summed E-state index contributed by atoms with van der Waals surface area (Å²) < 4.78 is 16.4. The first-order valence-corrected chi connectivity index (χ1v) is 13.5. The van der Waals surface area contributed by atoms with Gasteiger partial charge in [-0.1, -0.05) is 19.1 Å². The van der Waals surface area contributed by atoms with Gasteiger partial charge in [0.25, 0.3) is 0 Å². The summed E-state index contributed by atoms with van der Waals surface area (Å²) in [7, 11) is 0. The number of imidazole rings is 1. The molecule has 0 aliphatic carbocycles. The van der Waals surface area contributed by atoms with Gasteiger partial charge >= 0.3 is 0 Å². The fourth-order valence-corrected chi connectivity index (χ4v) is 6.73. The van der Waals surface area contributed by atoms with Gasteiger partial charge in [0.1, 0.15) is 11.6 Å². The number of fused-ring (bicyclic) bond motifs is 3. The predicted molar refractivity (Wildman–Crippen MR) is 136 cm³/mol. The summed E-state index contributed by atoms with van der Waals surface area (Å²) in [4.78, 5) is 33.5. The monoisotopic (exact) mass is 495 g/mol. The van der Waals surface area contributed by atoms with Crippen molar-refractivity contribution in [3.05, 3.63) is 52.9 Å². The molecule has 36 heavy (non-hydrogen) atoms. The molecule has 0 saturated carbocycles. The molecule has 3 aliphatic heterocycles. The summed E-state index contributed by atoms with van der Waals surface area (Å²) in [5, 5.41) is 3.11. The van der Waals surface area contributed by atoms with Gasteiger partial charge in [-0.25, -0.2) is 9.37 Å². The average Bonchev–Trinajstić information content (AvgIpc) is 3.31. The molecule has 2 bridgehead atoms. The van der Waals surface area contributed by atoms with Crippen molar-refractivity contribution in [1.29, 1.82) is 0 Å². The second-order valence-corrected chi connectivity index (χ2v) is 10.7. The number of carbonyl (C=O) groups is 2. The zero-order chi connectivity index (χ0) is 25.4. The molecule has 5 rings (SSSR count). The Morgan fingerprint density at radius 3 is 2.61 bits per heavy atom. The fraction of sp³-hybridized carbons (Fsp3) is 0.607. The first-order valence-electron chi connectivity index (χ1n) is 13.5. The van der Waals surface area contributed by atoms with E-state index in [1.54, 1.807) is 19.1 Å². The topological polar surface area (TPSA) is 70.5 Å². The van der Waals surface area contributed by atoms with Gasteiger partial charge in [0, 0.05) is 56.7 Å². The summed E-state index contributed by atoms with van der Waals surface area (Å²) >= 11 is 0. The molecule has 1 aromatic carbocycles. The van der Waals surface area contributed by atoms with Crippen LogP contribution in [0.1, 0.15) is 87.2 Å². The molecule has 2 fully saturated rings. The normalized spacial score (nSPS) is 24.4. The van der Waals surface area contributed by atoms with E-state index in [9.17, 15) is 14.0 Å². The van der Waals surface area contributed by atoms with Crippen molar-refractivity contribution in [1.82, 2.24) is 24.7 Å². The molecule has 2 amide bonds. The molecular weight excluding hydrogens is 457 g/mol. The molecule has 2 aromatic rings. The van der Waals surface area contributed by atoms with Crippen LogP contribution in [-0.4, -0.2) is 56.3 Å². The number of aromatic nitrogens is 2. The maximum atomic E-state index is 13.9. The Kier molecular flexibility index (Phi) is 7.15. The van der Waals surface area contributed by atoms with E-state index in [2.05, 4.69) is 21.7 Å². The van der Waals surface area contributed by atoms with Gasteiger partial charge in [0.15, 0.2) is 0 Å². The highest BCUT2D eigenvalue weighted by Crippen LogP contribution is 2.43. The highest BCUT2D eigenvalue weighted by Gasteiger charge is 2.42. The third-order valence-corrected chi connectivity index (χ3v) is 8.48. The van der Waals surface area contributed by atoms with Crippen LogP contribution in [0.5, 0.6) is 0 Å². The first-order chi connectivity index (χ1) is 17.3. The van der Waals surface area contributed by atoms with Crippen LogP contribution in [0.25, 0.3) is 0 Å². The van der Waals surface area contributed by atoms with Crippen LogP contribution in [0.15, 0.2) is 24.3 Å². The van der Waals surface area contributed by atoms with Gasteiger partial charge in [0.05, 0.1) is 18.3 Å². The number of rotatable bonds is 7. The van der Waals surface area contributed by atoms with E-state index in [4.69, 9.17) is 4.98 Å². The maximum absolute atomic E-state index is 13.9. The summed E-state index contributed by atoms with van der Waals surface area (Å²) in [6.45, 7) is 7.86. The van der Waals surface area contributed by atoms with Gasteiger partial charge in [-0.2, -0.15) is 0 Å². The number of amides is 2. The number of carbonyl (C=O) groups excluding carboxylic acids is 2. The minimum Gasteiger partial charge on any atom is -0.349 e. The number of aryl methyl sites for hydroxylation is 1. The Morgan fingerprint density at radius 1 is 1.19 bits per heavy atom. The summed E-state index contributed by atoms with van der Waals surface area (Å²) in [5.41, 5.74) is 3.21. The SMILES string of the molecule is CCC(=O)N[C@@H](CCN1C2CCC1CC(n1c(C)nc3c1CCN(C(C)=O)C3)C2)c1cccc(F)c1. The van der Waals surface area contributed by atoms with Gasteiger partial charge in [0.2, 0.25) is 11.8 Å². The first kappa shape index (κ1) is 24.9. The minimum absolute atomic E-state index is 0.00497. The molecule has 0 spiro atoms. The van der Waals surface area contributed by atoms with Crippen molar-refractivity contribution >= 4 is 11.8 Å². The molecule has 8 heteroatoms. The quantitative estimate of drug-likeness (QED) is 0.629. The highest BCUT2D eigenvalue weighted by molar-refractivity contribution is 5.76. The zero-order valence-electron chi connectivity index (χ0n) is 21.7. The standard InChI is InChI=1S/C28H38FN5O2/c1-4-28(36)31-25(20-6-5-7-21(29)14-20)10-13-33-22-8-9-23(33)16-24(15-22)34-18(2)30-26-17-32(19(3)35)12-11-27(26)34/h5-7,14,22-25H,4,8-13,15-17H2,1-3H3,(H,31,36)/t22?,23?,24?,25-/m0/s1. The molecule has 2 unspecified atom stereocenters. The Balaban J connectivity index is 1.27. The number of hydrogen-bond acceptors (Lipinski definition) is 4. The van der Waals surface area contributed by atoms with Crippen LogP contribution in [-0.2, 0) is 22.6 Å². The highest BCUT2D eigenvalue weighted by atomic mass is 19.1. The summed E-state index contributed by atoms with van der Waals surface area (Å²) in [6.07, 6.45) is 6.65. The van der Waals surface area contributed by atoms with Gasteiger partial charge in [-0.3, -0.25) is 14.5 Å². The summed E-state index contributed by atoms with van der Waals surface area (Å²) in [5.74, 6) is 0.909. The molecule has 0 radical (unpaired) electrons. The zero-order valence-corrected chi connectivity index (χ0v) is 21.7. The Morgan fingerprint density at radius 2 is 1.94 bits per heavy atom. The third kappa shape index (κ3) is 4.92. The van der Waals surface area contributed by atoms with Crippen LogP contribution < -0.4 is 5.32 Å². The Labute approximate surface area is 213 Å². The molecular formula is C28H38FN5O2. The van der Waals surface area contributed by atoms with Crippen molar-refractivity contribution in [2.24, 2.45) is 0 Å². The van der Waals surface area contributed by atoms with Crippen LogP contribution in [0, 0.1) is 12.7 Å². The smallest absolute Gasteiger partial charge is 0.220 e. The lowest BCUT2D eigenvalue weighted by molar-refractivity contribution is -0.129. The minimum atomic E-state index is -0.269. The average molecular weight is 496 g/mol. The summed E-state index contributed by atoms with van der Waals surface area (Å²) in [6, 6.07) is 7.89. The number of benzene rings is 1. The Hall–Kier alpha value is -2.74. The molecule has 7 nitrogen and oxygen atoms in total. The molecule has 3 aliphatic rings. The van der Waals surface area contributed by atoms with Gasteiger partial charge < -0.3 is 14.8 Å². The van der Waals surface area contributed by atoms with E-state index in [-0.39, 0.29) is 23.7 Å². The van der Waals surface area contributed by atoms with Gasteiger partial charge in [-0.05, 0) is 56.7 Å². The van der Waals surface area contributed by atoms with Crippen LogP contribution in [0.4, 0.5) is 4.39 Å². The fourth-order valence-electron chi connectivity index (χ4n) is 6.73. The number of nitrogens with one attached hydrogen (secondary N) is 1. The lowest BCUT2D eigenvalue weighted by Crippen LogP contribution is -2.45. The van der Waals surface area contributed by atoms with Gasteiger partial charge in [-0.15, -0.1) is 0 Å². The van der Waals surface area contributed by atoms with Crippen LogP contribution >= 0.6 is 0 Å². The van der Waals surface area contributed by atoms with Crippen LogP contribution in [0.2, 0.25) is 0 Å². The molecule has 3 atom stereocenters. The van der Waals surface area contributed by atoms with Crippen molar-refractivity contribution in [2.45, 2.75) is 96.4 Å². The van der Waals surface area contributed by atoms with Crippen molar-refractivity contribution < 1.29 is 14.0 Å². The number of halogens is 1. The molecule has 1 N–H and O–H groups in total. The molecule has 1 aromatic heterocycles. The largest absolute Gasteiger partial charge is 0.349 e. The maximum Gasteiger partial charge on any atom is 0.220 e. The predicted octanol–water partition coefficient (Wildman–Crippen LogP) is 4.06. The van der Waals surface area contributed by atoms with E-state index in [0.717, 1.165) is 55.9 Å². The second-order valence-electron chi connectivity index (χ2n) is 10.7. The molecule has 2 saturated heterocycles. The van der Waals surface area contributed by atoms with Crippen molar-refractivity contribution in [3.63, 3.8) is 0 Å². The lowest BCUT2D eigenvalue weighted by atomic mass is 9.94. The Bertz CT molecular complexity index is 1120. The third-order valence-electron chi connectivity index (χ3n) is 8.48. The lowest BCUT2D eigenvalue weighted by Gasteiger charge is -2.41. The van der Waals surface area contributed by atoms with Crippen LogP contribution in [0.3, 0.4) is 0 Å². The number of nitrogens with zero attached hydrogens (tertiary/aromatic N) is 4. The van der Waals surface area contributed by atoms with E-state index < -0.39 is 0 Å².